The van der Waals surface area contributed by atoms with Crippen LogP contribution in [0.2, 0.25) is 0 Å². The Morgan fingerprint density at radius 2 is 2.10 bits per heavy atom. The quantitative estimate of drug-likeness (QED) is 0.816. The normalized spacial score (nSPS) is 12.4. The van der Waals surface area contributed by atoms with E-state index in [1.165, 1.54) is 19.2 Å². The fourth-order valence-corrected chi connectivity index (χ4v) is 4.20. The van der Waals surface area contributed by atoms with Gasteiger partial charge in [-0.2, -0.15) is 0 Å². The number of nitrogens with one attached hydrogen (secondary N) is 1. The molecule has 0 radical (unpaired) electrons. The Balaban J connectivity index is 2.42. The lowest BCUT2D eigenvalue weighted by atomic mass is 10.3. The highest BCUT2D eigenvalue weighted by molar-refractivity contribution is 7.89. The van der Waals surface area contributed by atoms with Crippen molar-refractivity contribution in [1.29, 1.82) is 0 Å². The van der Waals surface area contributed by atoms with Crippen molar-refractivity contribution in [3.05, 3.63) is 27.9 Å². The first kappa shape index (κ1) is 16.2. The minimum Gasteiger partial charge on any atom is -0.383 e. The molecule has 1 heterocycles. The molecule has 0 spiro atoms. The van der Waals surface area contributed by atoms with E-state index in [1.54, 1.807) is 10.6 Å². The van der Waals surface area contributed by atoms with Crippen molar-refractivity contribution in [2.24, 2.45) is 0 Å². The summed E-state index contributed by atoms with van der Waals surface area (Å²) in [4.78, 5) is 12.0. The molecular formula is C13H18N2O4S2. The second kappa shape index (κ2) is 6.27. The molecule has 2 aromatic rings. The van der Waals surface area contributed by atoms with E-state index in [2.05, 4.69) is 4.72 Å². The minimum absolute atomic E-state index is 0.0357. The zero-order chi connectivity index (χ0) is 15.6. The summed E-state index contributed by atoms with van der Waals surface area (Å²) in [7, 11) is -2.08. The van der Waals surface area contributed by atoms with Gasteiger partial charge in [0.25, 0.3) is 0 Å². The van der Waals surface area contributed by atoms with Crippen LogP contribution in [0.25, 0.3) is 10.2 Å². The average molecular weight is 330 g/mol. The molecule has 116 valence electrons. The molecule has 0 fully saturated rings. The summed E-state index contributed by atoms with van der Waals surface area (Å²) >= 11 is 1.06. The fourth-order valence-electron chi connectivity index (χ4n) is 2.03. The Morgan fingerprint density at radius 3 is 2.71 bits per heavy atom. The summed E-state index contributed by atoms with van der Waals surface area (Å²) < 4.78 is 33.9. The molecule has 2 rings (SSSR count). The molecule has 0 bridgehead atoms. The maximum Gasteiger partial charge on any atom is 0.308 e. The van der Waals surface area contributed by atoms with Crippen molar-refractivity contribution < 1.29 is 13.2 Å². The van der Waals surface area contributed by atoms with Gasteiger partial charge in [-0.05, 0) is 32.0 Å². The van der Waals surface area contributed by atoms with Crippen molar-refractivity contribution in [3.8, 4) is 0 Å². The minimum atomic E-state index is -3.58. The topological polar surface area (TPSA) is 77.4 Å². The SMILES string of the molecule is COCCNS(=O)(=O)c1ccc2c(c1)sc(=O)n2C(C)C. The van der Waals surface area contributed by atoms with Crippen LogP contribution in [0.3, 0.4) is 0 Å². The number of ether oxygens (including phenoxy) is 1. The molecule has 0 aliphatic rings. The molecule has 0 amide bonds. The van der Waals surface area contributed by atoms with Crippen LogP contribution in [0.15, 0.2) is 27.9 Å². The molecule has 0 unspecified atom stereocenters. The summed E-state index contributed by atoms with van der Waals surface area (Å²) in [6, 6.07) is 4.77. The fraction of sp³-hybridized carbons (Fsp3) is 0.462. The molecule has 0 saturated carbocycles. The van der Waals surface area contributed by atoms with Gasteiger partial charge < -0.3 is 4.74 Å². The zero-order valence-electron chi connectivity index (χ0n) is 12.1. The van der Waals surface area contributed by atoms with Gasteiger partial charge in [0.15, 0.2) is 0 Å². The molecule has 0 atom stereocenters. The van der Waals surface area contributed by atoms with Crippen LogP contribution in [-0.2, 0) is 14.8 Å². The smallest absolute Gasteiger partial charge is 0.308 e. The molecular weight excluding hydrogens is 312 g/mol. The monoisotopic (exact) mass is 330 g/mol. The zero-order valence-corrected chi connectivity index (χ0v) is 13.8. The first-order valence-corrected chi connectivity index (χ1v) is 8.80. The second-order valence-electron chi connectivity index (χ2n) is 4.85. The van der Waals surface area contributed by atoms with Crippen molar-refractivity contribution in [2.75, 3.05) is 20.3 Å². The molecule has 0 aliphatic heterocycles. The van der Waals surface area contributed by atoms with E-state index in [-0.39, 0.29) is 22.4 Å². The van der Waals surface area contributed by atoms with Crippen LogP contribution in [0.4, 0.5) is 0 Å². The Kier molecular flexibility index (Phi) is 4.82. The Labute approximate surface area is 127 Å². The molecule has 6 nitrogen and oxygen atoms in total. The van der Waals surface area contributed by atoms with E-state index >= 15 is 0 Å². The largest absolute Gasteiger partial charge is 0.383 e. The van der Waals surface area contributed by atoms with Crippen molar-refractivity contribution in [3.63, 3.8) is 0 Å². The second-order valence-corrected chi connectivity index (χ2v) is 7.61. The number of benzene rings is 1. The number of hydrogen-bond donors (Lipinski definition) is 1. The van der Waals surface area contributed by atoms with E-state index < -0.39 is 10.0 Å². The lowest BCUT2D eigenvalue weighted by Gasteiger charge is -2.09. The molecule has 1 aromatic carbocycles. The molecule has 8 heteroatoms. The van der Waals surface area contributed by atoms with Gasteiger partial charge in [0.05, 0.1) is 21.7 Å². The number of aromatic nitrogens is 1. The van der Waals surface area contributed by atoms with Crippen LogP contribution in [-0.4, -0.2) is 33.2 Å². The number of fused-ring (bicyclic) bond motifs is 1. The standard InChI is InChI=1S/C13H18N2O4S2/c1-9(2)15-11-5-4-10(8-12(11)20-13(15)16)21(17,18)14-6-7-19-3/h4-5,8-9,14H,6-7H2,1-3H3. The Hall–Kier alpha value is -1.22. The van der Waals surface area contributed by atoms with Gasteiger partial charge >= 0.3 is 4.87 Å². The third kappa shape index (κ3) is 3.34. The van der Waals surface area contributed by atoms with Crippen molar-refractivity contribution >= 4 is 31.6 Å². The Morgan fingerprint density at radius 1 is 1.38 bits per heavy atom. The van der Waals surface area contributed by atoms with Crippen LogP contribution in [0.5, 0.6) is 0 Å². The molecule has 21 heavy (non-hydrogen) atoms. The van der Waals surface area contributed by atoms with Crippen LogP contribution in [0, 0.1) is 0 Å². The summed E-state index contributed by atoms with van der Waals surface area (Å²) in [5, 5.41) is 0. The molecule has 0 saturated heterocycles. The van der Waals surface area contributed by atoms with Crippen LogP contribution < -0.4 is 9.60 Å². The summed E-state index contributed by atoms with van der Waals surface area (Å²) in [5.74, 6) is 0. The number of sulfonamides is 1. The van der Waals surface area contributed by atoms with Crippen LogP contribution >= 0.6 is 11.3 Å². The Bertz CT molecular complexity index is 790. The third-order valence-electron chi connectivity index (χ3n) is 3.01. The summed E-state index contributed by atoms with van der Waals surface area (Å²) in [6.07, 6.45) is 0. The third-order valence-corrected chi connectivity index (χ3v) is 5.39. The highest BCUT2D eigenvalue weighted by Crippen LogP contribution is 2.23. The van der Waals surface area contributed by atoms with E-state index in [0.717, 1.165) is 16.9 Å². The van der Waals surface area contributed by atoms with E-state index in [0.29, 0.717) is 11.3 Å². The number of rotatable bonds is 6. The van der Waals surface area contributed by atoms with Crippen molar-refractivity contribution in [2.45, 2.75) is 24.8 Å². The number of thiazole rings is 1. The van der Waals surface area contributed by atoms with Gasteiger partial charge in [0, 0.05) is 19.7 Å². The summed E-state index contributed by atoms with van der Waals surface area (Å²) in [5.41, 5.74) is 0.760. The molecule has 1 N–H and O–H groups in total. The average Bonchev–Trinajstić information content (AvgIpc) is 2.73. The highest BCUT2D eigenvalue weighted by Gasteiger charge is 2.17. The van der Waals surface area contributed by atoms with Gasteiger partial charge in [-0.15, -0.1) is 0 Å². The predicted molar refractivity (Wildman–Crippen MR) is 83.5 cm³/mol. The molecule has 1 aromatic heterocycles. The summed E-state index contributed by atoms with van der Waals surface area (Å²) in [6.45, 7) is 4.35. The highest BCUT2D eigenvalue weighted by atomic mass is 32.2. The predicted octanol–water partition coefficient (Wildman–Crippen LogP) is 1.57. The van der Waals surface area contributed by atoms with E-state index in [1.807, 2.05) is 13.8 Å². The van der Waals surface area contributed by atoms with Crippen molar-refractivity contribution in [1.82, 2.24) is 9.29 Å². The lowest BCUT2D eigenvalue weighted by molar-refractivity contribution is 0.204. The number of nitrogens with zero attached hydrogens (tertiary/aromatic N) is 1. The van der Waals surface area contributed by atoms with Gasteiger partial charge in [-0.25, -0.2) is 13.1 Å². The van der Waals surface area contributed by atoms with Gasteiger partial charge in [0.2, 0.25) is 10.0 Å². The number of hydrogen-bond acceptors (Lipinski definition) is 5. The molecule has 0 aliphatic carbocycles. The maximum atomic E-state index is 12.1. The van der Waals surface area contributed by atoms with E-state index in [9.17, 15) is 13.2 Å². The van der Waals surface area contributed by atoms with E-state index in [4.69, 9.17) is 4.74 Å². The van der Waals surface area contributed by atoms with Gasteiger partial charge in [0.1, 0.15) is 0 Å². The lowest BCUT2D eigenvalue weighted by Crippen LogP contribution is -2.27. The van der Waals surface area contributed by atoms with Gasteiger partial charge in [-0.3, -0.25) is 9.36 Å². The maximum absolute atomic E-state index is 12.1. The van der Waals surface area contributed by atoms with Crippen LogP contribution in [0.1, 0.15) is 19.9 Å². The number of methoxy groups -OCH3 is 1. The first-order valence-electron chi connectivity index (χ1n) is 6.50. The first-order chi connectivity index (χ1) is 9.86. The van der Waals surface area contributed by atoms with Gasteiger partial charge in [-0.1, -0.05) is 11.3 Å².